The smallest absolute Gasteiger partial charge is 0.192 e. The SMILES string of the molecule is C[C@H](C=O)[C@H](O[Si](C)(C)C(C)(C)C)[C@@H](C)COCc1ccccc1. The highest BCUT2D eigenvalue weighted by Crippen LogP contribution is 2.39. The Bertz CT molecular complexity index is 493. The van der Waals surface area contributed by atoms with Crippen LogP contribution in [0.15, 0.2) is 30.3 Å². The van der Waals surface area contributed by atoms with Gasteiger partial charge in [0.15, 0.2) is 8.32 Å². The molecule has 1 rings (SSSR count). The quantitative estimate of drug-likeness (QED) is 0.461. The van der Waals surface area contributed by atoms with Crippen molar-refractivity contribution in [3.8, 4) is 0 Å². The summed E-state index contributed by atoms with van der Waals surface area (Å²) >= 11 is 0. The van der Waals surface area contributed by atoms with E-state index in [1.807, 2.05) is 25.1 Å². The van der Waals surface area contributed by atoms with E-state index >= 15 is 0 Å². The Balaban J connectivity index is 2.68. The molecule has 0 aliphatic rings. The molecular formula is C20H34O3Si. The van der Waals surface area contributed by atoms with Crippen LogP contribution in [0, 0.1) is 11.8 Å². The average Bonchev–Trinajstić information content (AvgIpc) is 2.51. The summed E-state index contributed by atoms with van der Waals surface area (Å²) in [5.41, 5.74) is 1.16. The second kappa shape index (κ2) is 8.93. The zero-order chi connectivity index (χ0) is 18.4. The van der Waals surface area contributed by atoms with E-state index in [2.05, 4.69) is 52.9 Å². The molecule has 0 N–H and O–H groups in total. The molecule has 0 unspecified atom stereocenters. The van der Waals surface area contributed by atoms with Gasteiger partial charge in [0.25, 0.3) is 0 Å². The number of rotatable bonds is 9. The van der Waals surface area contributed by atoms with Crippen molar-refractivity contribution < 1.29 is 14.0 Å². The van der Waals surface area contributed by atoms with Crippen molar-refractivity contribution in [3.63, 3.8) is 0 Å². The van der Waals surface area contributed by atoms with Crippen molar-refractivity contribution in [1.29, 1.82) is 0 Å². The molecule has 1 aromatic rings. The van der Waals surface area contributed by atoms with E-state index in [-0.39, 0.29) is 23.0 Å². The minimum atomic E-state index is -1.93. The Labute approximate surface area is 148 Å². The Morgan fingerprint density at radius 3 is 2.21 bits per heavy atom. The lowest BCUT2D eigenvalue weighted by atomic mass is 9.95. The third-order valence-corrected chi connectivity index (χ3v) is 9.50. The monoisotopic (exact) mass is 350 g/mol. The van der Waals surface area contributed by atoms with E-state index in [0.717, 1.165) is 11.8 Å². The van der Waals surface area contributed by atoms with Crippen LogP contribution in [0.2, 0.25) is 18.1 Å². The summed E-state index contributed by atoms with van der Waals surface area (Å²) in [5, 5.41) is 0.123. The van der Waals surface area contributed by atoms with Crippen molar-refractivity contribution in [2.75, 3.05) is 6.61 Å². The fourth-order valence-corrected chi connectivity index (χ4v) is 3.85. The molecule has 0 saturated heterocycles. The van der Waals surface area contributed by atoms with Gasteiger partial charge in [-0.2, -0.15) is 0 Å². The fourth-order valence-electron chi connectivity index (χ4n) is 2.37. The number of benzene rings is 1. The van der Waals surface area contributed by atoms with E-state index in [9.17, 15) is 4.79 Å². The van der Waals surface area contributed by atoms with Crippen LogP contribution in [0.25, 0.3) is 0 Å². The summed E-state index contributed by atoms with van der Waals surface area (Å²) in [7, 11) is -1.93. The van der Waals surface area contributed by atoms with E-state index in [1.54, 1.807) is 0 Å². The number of carbonyl (C=O) groups is 1. The molecule has 3 atom stereocenters. The van der Waals surface area contributed by atoms with Crippen LogP contribution in [0.1, 0.15) is 40.2 Å². The lowest BCUT2D eigenvalue weighted by Gasteiger charge is -2.42. The van der Waals surface area contributed by atoms with Gasteiger partial charge in [-0.3, -0.25) is 0 Å². The molecule has 24 heavy (non-hydrogen) atoms. The Kier molecular flexibility index (Phi) is 7.84. The van der Waals surface area contributed by atoms with Crippen LogP contribution < -0.4 is 0 Å². The third-order valence-electron chi connectivity index (χ3n) is 5.02. The molecule has 3 nitrogen and oxygen atoms in total. The zero-order valence-corrected chi connectivity index (χ0v) is 17.3. The van der Waals surface area contributed by atoms with E-state index in [0.29, 0.717) is 13.2 Å². The second-order valence-electron chi connectivity index (χ2n) is 8.32. The maximum atomic E-state index is 11.4. The maximum Gasteiger partial charge on any atom is 0.192 e. The van der Waals surface area contributed by atoms with Gasteiger partial charge in [0, 0.05) is 11.8 Å². The number of aldehydes is 1. The first kappa shape index (κ1) is 21.1. The van der Waals surface area contributed by atoms with Gasteiger partial charge in [0.1, 0.15) is 6.29 Å². The summed E-state index contributed by atoms with van der Waals surface area (Å²) < 4.78 is 12.4. The van der Waals surface area contributed by atoms with Crippen molar-refractivity contribution in [2.45, 2.75) is 65.5 Å². The summed E-state index contributed by atoms with van der Waals surface area (Å²) in [4.78, 5) is 11.4. The van der Waals surface area contributed by atoms with Gasteiger partial charge in [-0.05, 0) is 23.7 Å². The van der Waals surface area contributed by atoms with Gasteiger partial charge in [-0.25, -0.2) is 0 Å². The minimum absolute atomic E-state index is 0.0980. The predicted octanol–water partition coefficient (Wildman–Crippen LogP) is 5.06. The molecule has 4 heteroatoms. The zero-order valence-electron chi connectivity index (χ0n) is 16.3. The Morgan fingerprint density at radius 1 is 1.12 bits per heavy atom. The number of hydrogen-bond donors (Lipinski definition) is 0. The fraction of sp³-hybridized carbons (Fsp3) is 0.650. The van der Waals surface area contributed by atoms with Crippen molar-refractivity contribution in [1.82, 2.24) is 0 Å². The van der Waals surface area contributed by atoms with Crippen LogP contribution in [0.3, 0.4) is 0 Å². The number of ether oxygens (including phenoxy) is 1. The molecule has 0 heterocycles. The largest absolute Gasteiger partial charge is 0.413 e. The first-order valence-corrected chi connectivity index (χ1v) is 11.7. The van der Waals surface area contributed by atoms with Gasteiger partial charge in [0.2, 0.25) is 0 Å². The lowest BCUT2D eigenvalue weighted by molar-refractivity contribution is -0.114. The highest BCUT2D eigenvalue weighted by atomic mass is 28.4. The van der Waals surface area contributed by atoms with Crippen LogP contribution >= 0.6 is 0 Å². The maximum absolute atomic E-state index is 11.4. The van der Waals surface area contributed by atoms with Crippen molar-refractivity contribution in [3.05, 3.63) is 35.9 Å². The molecule has 1 aromatic carbocycles. The molecule has 0 aliphatic carbocycles. The molecule has 0 fully saturated rings. The normalized spacial score (nSPS) is 16.5. The van der Waals surface area contributed by atoms with Gasteiger partial charge in [0.05, 0.1) is 19.3 Å². The van der Waals surface area contributed by atoms with E-state index in [1.165, 1.54) is 0 Å². The summed E-state index contributed by atoms with van der Waals surface area (Å²) in [6, 6.07) is 10.1. The number of hydrogen-bond acceptors (Lipinski definition) is 3. The van der Waals surface area contributed by atoms with Gasteiger partial charge in [-0.15, -0.1) is 0 Å². The van der Waals surface area contributed by atoms with Crippen LogP contribution in [0.5, 0.6) is 0 Å². The van der Waals surface area contributed by atoms with Gasteiger partial charge in [-0.1, -0.05) is 65.0 Å². The van der Waals surface area contributed by atoms with Crippen LogP contribution in [-0.4, -0.2) is 27.3 Å². The first-order chi connectivity index (χ1) is 11.1. The molecule has 0 amide bonds. The molecular weight excluding hydrogens is 316 g/mol. The van der Waals surface area contributed by atoms with E-state index in [4.69, 9.17) is 9.16 Å². The molecule has 0 bridgehead atoms. The molecule has 0 saturated carbocycles. The molecule has 0 aromatic heterocycles. The summed E-state index contributed by atoms with van der Waals surface area (Å²) in [6.07, 6.45) is 0.907. The summed E-state index contributed by atoms with van der Waals surface area (Å²) in [5.74, 6) is 0.0393. The second-order valence-corrected chi connectivity index (χ2v) is 13.1. The topological polar surface area (TPSA) is 35.5 Å². The van der Waals surface area contributed by atoms with Crippen molar-refractivity contribution >= 4 is 14.6 Å². The molecule has 0 spiro atoms. The Hall–Kier alpha value is -0.973. The average molecular weight is 351 g/mol. The first-order valence-electron chi connectivity index (χ1n) is 8.83. The highest BCUT2D eigenvalue weighted by Gasteiger charge is 2.41. The molecule has 0 radical (unpaired) electrons. The third kappa shape index (κ3) is 6.15. The lowest BCUT2D eigenvalue weighted by Crippen LogP contribution is -2.48. The van der Waals surface area contributed by atoms with E-state index < -0.39 is 8.32 Å². The van der Waals surface area contributed by atoms with Crippen LogP contribution in [0.4, 0.5) is 0 Å². The predicted molar refractivity (Wildman–Crippen MR) is 103 cm³/mol. The van der Waals surface area contributed by atoms with Crippen molar-refractivity contribution in [2.24, 2.45) is 11.8 Å². The van der Waals surface area contributed by atoms with Crippen LogP contribution in [-0.2, 0) is 20.6 Å². The highest BCUT2D eigenvalue weighted by molar-refractivity contribution is 6.74. The molecule has 0 aliphatic heterocycles. The number of carbonyl (C=O) groups excluding carboxylic acids is 1. The van der Waals surface area contributed by atoms with Gasteiger partial charge < -0.3 is 14.0 Å². The Morgan fingerprint density at radius 2 is 1.71 bits per heavy atom. The standard InChI is InChI=1S/C20H34O3Si/c1-16(13-21)19(23-24(6,7)20(3,4)5)17(2)14-22-15-18-11-9-8-10-12-18/h8-13,16-17,19H,14-15H2,1-7H3/t16-,17+,19+/m1/s1. The minimum Gasteiger partial charge on any atom is -0.413 e. The summed E-state index contributed by atoms with van der Waals surface area (Å²) in [6.45, 7) is 16.4. The molecule has 136 valence electrons. The van der Waals surface area contributed by atoms with Gasteiger partial charge >= 0.3 is 0 Å².